The molecule has 0 bridgehead atoms. The van der Waals surface area contributed by atoms with Crippen LogP contribution in [0.5, 0.6) is 0 Å². The molecule has 1 aromatic carbocycles. The van der Waals surface area contributed by atoms with Crippen molar-refractivity contribution in [2.24, 2.45) is 0 Å². The third-order valence-electron chi connectivity index (χ3n) is 2.77. The second-order valence-corrected chi connectivity index (χ2v) is 5.86. The molecule has 1 heterocycles. The summed E-state index contributed by atoms with van der Waals surface area (Å²) in [6.45, 7) is 1.67. The van der Waals surface area contributed by atoms with Gasteiger partial charge < -0.3 is 5.32 Å². The van der Waals surface area contributed by atoms with Crippen molar-refractivity contribution in [3.05, 3.63) is 54.2 Å². The molecule has 7 heteroatoms. The Kier molecular flexibility index (Phi) is 5.07. The number of pyridine rings is 1. The van der Waals surface area contributed by atoms with Crippen LogP contribution in [0.25, 0.3) is 0 Å². The summed E-state index contributed by atoms with van der Waals surface area (Å²) in [5, 5.41) is 2.61. The first-order valence-electron chi connectivity index (χ1n) is 6.42. The van der Waals surface area contributed by atoms with Gasteiger partial charge in [-0.25, -0.2) is 4.98 Å². The monoisotopic (exact) mass is 326 g/mol. The van der Waals surface area contributed by atoms with Crippen LogP contribution in [0, 0.1) is 0 Å². The molecule has 3 nitrogen and oxygen atoms in total. The molecule has 0 fully saturated rings. The molecule has 0 aliphatic heterocycles. The van der Waals surface area contributed by atoms with E-state index < -0.39 is 17.0 Å². The average molecular weight is 326 g/mol. The summed E-state index contributed by atoms with van der Waals surface area (Å²) in [5.41, 5.74) is -0.140. The van der Waals surface area contributed by atoms with Crippen molar-refractivity contribution < 1.29 is 18.0 Å². The molecular formula is C15H13F3N2OS. The first kappa shape index (κ1) is 16.4. The van der Waals surface area contributed by atoms with Crippen molar-refractivity contribution in [2.45, 2.75) is 23.4 Å². The van der Waals surface area contributed by atoms with E-state index in [1.54, 1.807) is 31.2 Å². The van der Waals surface area contributed by atoms with Crippen molar-refractivity contribution in [1.82, 2.24) is 4.98 Å². The van der Waals surface area contributed by atoms with E-state index in [2.05, 4.69) is 10.3 Å². The number of nitrogens with zero attached hydrogens (tertiary/aromatic N) is 1. The number of benzene rings is 1. The lowest BCUT2D eigenvalue weighted by molar-refractivity contribution is -0.137. The van der Waals surface area contributed by atoms with Gasteiger partial charge in [0.05, 0.1) is 15.8 Å². The molecule has 0 saturated heterocycles. The lowest BCUT2D eigenvalue weighted by Gasteiger charge is -2.12. The number of aromatic nitrogens is 1. The summed E-state index contributed by atoms with van der Waals surface area (Å²) in [6, 6.07) is 11.2. The zero-order valence-corrected chi connectivity index (χ0v) is 12.4. The first-order chi connectivity index (χ1) is 10.4. The summed E-state index contributed by atoms with van der Waals surface area (Å²) in [7, 11) is 0. The van der Waals surface area contributed by atoms with E-state index in [0.29, 0.717) is 10.7 Å². The van der Waals surface area contributed by atoms with E-state index >= 15 is 0 Å². The zero-order chi connectivity index (χ0) is 16.2. The zero-order valence-electron chi connectivity index (χ0n) is 11.6. The smallest absolute Gasteiger partial charge is 0.325 e. The van der Waals surface area contributed by atoms with E-state index in [1.165, 1.54) is 6.07 Å². The van der Waals surface area contributed by atoms with Crippen LogP contribution >= 0.6 is 11.8 Å². The Hall–Kier alpha value is -2.02. The largest absolute Gasteiger partial charge is 0.417 e. The van der Waals surface area contributed by atoms with Crippen LogP contribution in [0.3, 0.4) is 0 Å². The lowest BCUT2D eigenvalue weighted by atomic mass is 10.3. The van der Waals surface area contributed by atoms with Crippen LogP contribution in [0.4, 0.5) is 18.9 Å². The van der Waals surface area contributed by atoms with Gasteiger partial charge in [0.25, 0.3) is 0 Å². The van der Waals surface area contributed by atoms with E-state index in [4.69, 9.17) is 0 Å². The molecule has 0 spiro atoms. The fourth-order valence-electron chi connectivity index (χ4n) is 1.62. The van der Waals surface area contributed by atoms with Gasteiger partial charge in [0, 0.05) is 11.9 Å². The molecule has 2 aromatic rings. The van der Waals surface area contributed by atoms with Crippen LogP contribution in [-0.2, 0) is 11.0 Å². The maximum absolute atomic E-state index is 12.4. The summed E-state index contributed by atoms with van der Waals surface area (Å²) in [4.78, 5) is 15.7. The number of anilines is 1. The predicted molar refractivity (Wildman–Crippen MR) is 79.6 cm³/mol. The molecule has 1 amide bonds. The van der Waals surface area contributed by atoms with Crippen molar-refractivity contribution in [3.8, 4) is 0 Å². The number of carbonyl (C=O) groups excluding carboxylic acids is 1. The van der Waals surface area contributed by atoms with E-state index in [9.17, 15) is 18.0 Å². The number of nitrogens with one attached hydrogen (secondary N) is 1. The van der Waals surface area contributed by atoms with E-state index in [-0.39, 0.29) is 5.91 Å². The number of amides is 1. The molecule has 2 rings (SSSR count). The molecule has 0 unspecified atom stereocenters. The molecule has 1 atom stereocenters. The number of thioether (sulfide) groups is 1. The van der Waals surface area contributed by atoms with E-state index in [1.807, 2.05) is 6.07 Å². The predicted octanol–water partition coefficient (Wildman–Crippen LogP) is 4.22. The highest BCUT2D eigenvalue weighted by atomic mass is 32.2. The van der Waals surface area contributed by atoms with Gasteiger partial charge in [-0.1, -0.05) is 30.0 Å². The molecule has 116 valence electrons. The maximum Gasteiger partial charge on any atom is 0.417 e. The highest BCUT2D eigenvalue weighted by Gasteiger charge is 2.30. The van der Waals surface area contributed by atoms with Gasteiger partial charge in [-0.2, -0.15) is 13.2 Å². The van der Waals surface area contributed by atoms with Gasteiger partial charge in [-0.3, -0.25) is 4.79 Å². The molecule has 0 radical (unpaired) electrons. The Morgan fingerprint density at radius 1 is 1.18 bits per heavy atom. The fourth-order valence-corrected chi connectivity index (χ4v) is 2.41. The number of hydrogen-bond donors (Lipinski definition) is 1. The highest BCUT2D eigenvalue weighted by molar-refractivity contribution is 8.00. The van der Waals surface area contributed by atoms with Crippen LogP contribution in [0.1, 0.15) is 12.5 Å². The minimum Gasteiger partial charge on any atom is -0.325 e. The molecular weight excluding hydrogens is 313 g/mol. The third kappa shape index (κ3) is 4.49. The standard InChI is InChI=1S/C15H13F3N2OS/c1-10(14(21)20-12-5-3-2-4-6-12)22-13-8-7-11(9-19-13)15(16,17)18/h2-10H,1H3,(H,20,21)/t10-/m1/s1. The normalized spacial score (nSPS) is 12.7. The molecule has 0 aliphatic rings. The van der Waals surface area contributed by atoms with Gasteiger partial charge in [-0.15, -0.1) is 0 Å². The van der Waals surface area contributed by atoms with Crippen LogP contribution in [0.2, 0.25) is 0 Å². The summed E-state index contributed by atoms with van der Waals surface area (Å²) in [6.07, 6.45) is -3.64. The quantitative estimate of drug-likeness (QED) is 0.856. The molecule has 1 aromatic heterocycles. The second-order valence-electron chi connectivity index (χ2n) is 4.50. The highest BCUT2D eigenvalue weighted by Crippen LogP contribution is 2.30. The molecule has 0 saturated carbocycles. The summed E-state index contributed by atoms with van der Waals surface area (Å²) < 4.78 is 37.3. The van der Waals surface area contributed by atoms with Gasteiger partial charge in [0.1, 0.15) is 0 Å². The number of alkyl halides is 3. The Morgan fingerprint density at radius 3 is 2.41 bits per heavy atom. The van der Waals surface area contributed by atoms with Crippen LogP contribution in [0.15, 0.2) is 53.7 Å². The number of hydrogen-bond acceptors (Lipinski definition) is 3. The Bertz CT molecular complexity index is 629. The Labute approximate surface area is 129 Å². The lowest BCUT2D eigenvalue weighted by Crippen LogP contribution is -2.22. The number of para-hydroxylation sites is 1. The van der Waals surface area contributed by atoms with Crippen molar-refractivity contribution >= 4 is 23.4 Å². The maximum atomic E-state index is 12.4. The van der Waals surface area contributed by atoms with Crippen molar-refractivity contribution in [2.75, 3.05) is 5.32 Å². The Balaban J connectivity index is 1.96. The minimum absolute atomic E-state index is 0.238. The van der Waals surface area contributed by atoms with Gasteiger partial charge >= 0.3 is 6.18 Å². The summed E-state index contributed by atoms with van der Waals surface area (Å²) in [5.74, 6) is -0.238. The van der Waals surface area contributed by atoms with Crippen molar-refractivity contribution in [3.63, 3.8) is 0 Å². The van der Waals surface area contributed by atoms with Crippen LogP contribution in [-0.4, -0.2) is 16.1 Å². The first-order valence-corrected chi connectivity index (χ1v) is 7.30. The van der Waals surface area contributed by atoms with Crippen LogP contribution < -0.4 is 5.32 Å². The minimum atomic E-state index is -4.41. The van der Waals surface area contributed by atoms with Gasteiger partial charge in [-0.05, 0) is 31.2 Å². The SMILES string of the molecule is C[C@@H](Sc1ccc(C(F)(F)F)cn1)C(=O)Nc1ccccc1. The number of halogens is 3. The van der Waals surface area contributed by atoms with E-state index in [0.717, 1.165) is 24.0 Å². The average Bonchev–Trinajstić information content (AvgIpc) is 2.48. The Morgan fingerprint density at radius 2 is 1.86 bits per heavy atom. The van der Waals surface area contributed by atoms with Crippen molar-refractivity contribution in [1.29, 1.82) is 0 Å². The molecule has 22 heavy (non-hydrogen) atoms. The van der Waals surface area contributed by atoms with Gasteiger partial charge in [0.2, 0.25) is 5.91 Å². The third-order valence-corrected chi connectivity index (χ3v) is 3.82. The summed E-state index contributed by atoms with van der Waals surface area (Å²) >= 11 is 1.10. The fraction of sp³-hybridized carbons (Fsp3) is 0.200. The van der Waals surface area contributed by atoms with Gasteiger partial charge in [0.15, 0.2) is 0 Å². The number of carbonyl (C=O) groups is 1. The molecule has 0 aliphatic carbocycles. The second kappa shape index (κ2) is 6.83. The number of rotatable bonds is 4. The molecule has 1 N–H and O–H groups in total. The topological polar surface area (TPSA) is 42.0 Å².